The van der Waals surface area contributed by atoms with Gasteiger partial charge in [-0.15, -0.1) is 11.8 Å². The molecule has 0 atom stereocenters. The lowest BCUT2D eigenvalue weighted by Gasteiger charge is -1.97. The van der Waals surface area contributed by atoms with Gasteiger partial charge in [0.2, 0.25) is 0 Å². The van der Waals surface area contributed by atoms with Crippen LogP contribution in [0, 0.1) is 0 Å². The molecule has 0 saturated carbocycles. The third kappa shape index (κ3) is 2.54. The maximum atomic E-state index is 10.3. The average molecular weight is 183 g/mol. The summed E-state index contributed by atoms with van der Waals surface area (Å²) in [7, 11) is 0. The molecule has 0 unspecified atom stereocenters. The summed E-state index contributed by atoms with van der Waals surface area (Å²) in [6, 6.07) is 3.61. The van der Waals surface area contributed by atoms with Gasteiger partial charge >= 0.3 is 5.97 Å². The minimum atomic E-state index is -0.825. The Hall–Kier alpha value is -1.03. The van der Waals surface area contributed by atoms with E-state index in [1.807, 2.05) is 12.3 Å². The Morgan fingerprint density at radius 2 is 2.42 bits per heavy atom. The van der Waals surface area contributed by atoms with E-state index < -0.39 is 5.97 Å². The van der Waals surface area contributed by atoms with E-state index >= 15 is 0 Å². The molecule has 0 aromatic carbocycles. The SMILES string of the molecule is CSc1ccc(CC(=O)O)cn1. The van der Waals surface area contributed by atoms with Crippen molar-refractivity contribution in [1.29, 1.82) is 0 Å². The van der Waals surface area contributed by atoms with Gasteiger partial charge < -0.3 is 5.11 Å². The van der Waals surface area contributed by atoms with Crippen molar-refractivity contribution < 1.29 is 9.90 Å². The van der Waals surface area contributed by atoms with Gasteiger partial charge in [0.05, 0.1) is 11.4 Å². The zero-order chi connectivity index (χ0) is 8.97. The molecule has 0 radical (unpaired) electrons. The van der Waals surface area contributed by atoms with Crippen LogP contribution in [0.5, 0.6) is 0 Å². The highest BCUT2D eigenvalue weighted by Gasteiger charge is 1.99. The number of pyridine rings is 1. The van der Waals surface area contributed by atoms with E-state index in [2.05, 4.69) is 4.98 Å². The molecule has 1 heterocycles. The summed E-state index contributed by atoms with van der Waals surface area (Å²) < 4.78 is 0. The lowest BCUT2D eigenvalue weighted by atomic mass is 10.2. The predicted octanol–water partition coefficient (Wildman–Crippen LogP) is 1.43. The van der Waals surface area contributed by atoms with E-state index in [1.165, 1.54) is 11.8 Å². The minimum absolute atomic E-state index is 0.0433. The van der Waals surface area contributed by atoms with Crippen LogP contribution in [0.4, 0.5) is 0 Å². The highest BCUT2D eigenvalue weighted by atomic mass is 32.2. The highest BCUT2D eigenvalue weighted by molar-refractivity contribution is 7.98. The Balaban J connectivity index is 2.71. The maximum Gasteiger partial charge on any atom is 0.307 e. The molecule has 1 aromatic heterocycles. The van der Waals surface area contributed by atoms with Crippen LogP contribution in [-0.2, 0) is 11.2 Å². The van der Waals surface area contributed by atoms with Crippen LogP contribution in [-0.4, -0.2) is 22.3 Å². The van der Waals surface area contributed by atoms with Crippen LogP contribution < -0.4 is 0 Å². The molecule has 3 nitrogen and oxygen atoms in total. The Kier molecular flexibility index (Phi) is 3.10. The number of carboxylic acid groups (broad SMARTS) is 1. The molecule has 0 aliphatic carbocycles. The highest BCUT2D eigenvalue weighted by Crippen LogP contribution is 2.11. The van der Waals surface area contributed by atoms with Crippen LogP contribution in [0.25, 0.3) is 0 Å². The molecule has 12 heavy (non-hydrogen) atoms. The number of hydrogen-bond donors (Lipinski definition) is 1. The molecule has 0 amide bonds. The zero-order valence-corrected chi connectivity index (χ0v) is 7.47. The molecular formula is C8H9NO2S. The fraction of sp³-hybridized carbons (Fsp3) is 0.250. The zero-order valence-electron chi connectivity index (χ0n) is 6.65. The first-order valence-corrected chi connectivity index (χ1v) is 4.65. The minimum Gasteiger partial charge on any atom is -0.481 e. The lowest BCUT2D eigenvalue weighted by Crippen LogP contribution is -2.00. The summed E-state index contributed by atoms with van der Waals surface area (Å²) in [6.07, 6.45) is 3.57. The first-order chi connectivity index (χ1) is 5.72. The Labute approximate surface area is 74.8 Å². The van der Waals surface area contributed by atoms with Crippen molar-refractivity contribution in [3.63, 3.8) is 0 Å². The molecule has 64 valence electrons. The van der Waals surface area contributed by atoms with Crippen molar-refractivity contribution in [2.75, 3.05) is 6.26 Å². The fourth-order valence-electron chi connectivity index (χ4n) is 0.811. The van der Waals surface area contributed by atoms with E-state index in [0.29, 0.717) is 0 Å². The first kappa shape index (κ1) is 9.06. The van der Waals surface area contributed by atoms with Gasteiger partial charge in [0.25, 0.3) is 0 Å². The molecule has 1 N–H and O–H groups in total. The molecule has 4 heteroatoms. The third-order valence-electron chi connectivity index (χ3n) is 1.36. The smallest absolute Gasteiger partial charge is 0.307 e. The average Bonchev–Trinajstić information content (AvgIpc) is 2.05. The van der Waals surface area contributed by atoms with Gasteiger partial charge in [-0.2, -0.15) is 0 Å². The van der Waals surface area contributed by atoms with Gasteiger partial charge in [-0.3, -0.25) is 4.79 Å². The summed E-state index contributed by atoms with van der Waals surface area (Å²) in [5, 5.41) is 9.37. The number of rotatable bonds is 3. The monoisotopic (exact) mass is 183 g/mol. The van der Waals surface area contributed by atoms with Gasteiger partial charge in [-0.25, -0.2) is 4.98 Å². The molecule has 0 bridgehead atoms. The lowest BCUT2D eigenvalue weighted by molar-refractivity contribution is -0.136. The van der Waals surface area contributed by atoms with E-state index in [0.717, 1.165) is 10.6 Å². The number of aromatic nitrogens is 1. The molecule has 1 aromatic rings. The van der Waals surface area contributed by atoms with Gasteiger partial charge in [0.1, 0.15) is 0 Å². The summed E-state index contributed by atoms with van der Waals surface area (Å²) >= 11 is 1.54. The van der Waals surface area contributed by atoms with E-state index in [-0.39, 0.29) is 6.42 Å². The van der Waals surface area contributed by atoms with E-state index in [4.69, 9.17) is 5.11 Å². The normalized spacial score (nSPS) is 9.75. The second-order valence-electron chi connectivity index (χ2n) is 2.28. The Morgan fingerprint density at radius 1 is 1.67 bits per heavy atom. The van der Waals surface area contributed by atoms with Gasteiger partial charge in [-0.1, -0.05) is 6.07 Å². The molecule has 1 rings (SSSR count). The predicted molar refractivity (Wildman–Crippen MR) is 47.4 cm³/mol. The number of carboxylic acids is 1. The van der Waals surface area contributed by atoms with Crippen molar-refractivity contribution >= 4 is 17.7 Å². The topological polar surface area (TPSA) is 50.2 Å². The van der Waals surface area contributed by atoms with Crippen molar-refractivity contribution in [1.82, 2.24) is 4.98 Å². The second kappa shape index (κ2) is 4.11. The summed E-state index contributed by atoms with van der Waals surface area (Å²) in [5.74, 6) is -0.825. The summed E-state index contributed by atoms with van der Waals surface area (Å²) in [6.45, 7) is 0. The van der Waals surface area contributed by atoms with Crippen molar-refractivity contribution in [2.24, 2.45) is 0 Å². The van der Waals surface area contributed by atoms with Crippen LogP contribution in [0.2, 0.25) is 0 Å². The summed E-state index contributed by atoms with van der Waals surface area (Å²) in [4.78, 5) is 14.3. The molecule has 0 aliphatic heterocycles. The molecule has 0 spiro atoms. The van der Waals surface area contributed by atoms with Crippen molar-refractivity contribution in [2.45, 2.75) is 11.4 Å². The largest absolute Gasteiger partial charge is 0.481 e. The molecule has 0 aliphatic rings. The second-order valence-corrected chi connectivity index (χ2v) is 3.11. The van der Waals surface area contributed by atoms with Crippen LogP contribution >= 0.6 is 11.8 Å². The Morgan fingerprint density at radius 3 is 2.83 bits per heavy atom. The number of carbonyl (C=O) groups is 1. The van der Waals surface area contributed by atoms with Gasteiger partial charge in [0, 0.05) is 6.20 Å². The first-order valence-electron chi connectivity index (χ1n) is 3.43. The van der Waals surface area contributed by atoms with E-state index in [9.17, 15) is 4.79 Å². The van der Waals surface area contributed by atoms with Crippen LogP contribution in [0.3, 0.4) is 0 Å². The molecule has 0 saturated heterocycles. The van der Waals surface area contributed by atoms with Crippen LogP contribution in [0.1, 0.15) is 5.56 Å². The standard InChI is InChI=1S/C8H9NO2S/c1-12-7-3-2-6(5-9-7)4-8(10)11/h2-3,5H,4H2,1H3,(H,10,11). The van der Waals surface area contributed by atoms with Crippen LogP contribution in [0.15, 0.2) is 23.4 Å². The van der Waals surface area contributed by atoms with E-state index in [1.54, 1.807) is 12.3 Å². The van der Waals surface area contributed by atoms with Crippen molar-refractivity contribution in [3.8, 4) is 0 Å². The molecular weight excluding hydrogens is 174 g/mol. The number of hydrogen-bond acceptors (Lipinski definition) is 3. The quantitative estimate of drug-likeness (QED) is 0.720. The maximum absolute atomic E-state index is 10.3. The summed E-state index contributed by atoms with van der Waals surface area (Å²) in [5.41, 5.74) is 0.736. The van der Waals surface area contributed by atoms with Gasteiger partial charge in [0.15, 0.2) is 0 Å². The number of thioether (sulfide) groups is 1. The molecule has 0 fully saturated rings. The third-order valence-corrected chi connectivity index (χ3v) is 2.02. The van der Waals surface area contributed by atoms with Gasteiger partial charge in [-0.05, 0) is 17.9 Å². The van der Waals surface area contributed by atoms with Crippen molar-refractivity contribution in [3.05, 3.63) is 23.9 Å². The fourth-order valence-corrected chi connectivity index (χ4v) is 1.17. The number of aliphatic carboxylic acids is 1. The number of nitrogens with zero attached hydrogens (tertiary/aromatic N) is 1. The Bertz CT molecular complexity index is 271.